The summed E-state index contributed by atoms with van der Waals surface area (Å²) < 4.78 is 22.3. The van der Waals surface area contributed by atoms with Gasteiger partial charge < -0.3 is 5.73 Å². The molecule has 0 bridgehead atoms. The van der Waals surface area contributed by atoms with Crippen LogP contribution in [0.3, 0.4) is 0 Å². The van der Waals surface area contributed by atoms with Crippen LogP contribution in [0.1, 0.15) is 10.4 Å². The minimum Gasteiger partial charge on any atom is -0.350 e. The molecule has 1 aromatic carbocycles. The van der Waals surface area contributed by atoms with Crippen LogP contribution in [0.5, 0.6) is 0 Å². The van der Waals surface area contributed by atoms with Gasteiger partial charge in [-0.15, -0.1) is 0 Å². The van der Waals surface area contributed by atoms with Crippen molar-refractivity contribution in [2.24, 2.45) is 5.73 Å². The Balaban J connectivity index is 2.81. The largest absolute Gasteiger partial charge is 0.350 e. The highest BCUT2D eigenvalue weighted by molar-refractivity contribution is 7.90. The van der Waals surface area contributed by atoms with Gasteiger partial charge in [-0.05, 0) is 24.3 Å². The van der Waals surface area contributed by atoms with Crippen molar-refractivity contribution >= 4 is 21.8 Å². The number of amides is 3. The zero-order valence-electron chi connectivity index (χ0n) is 8.93. The number of hydrogen-bond acceptors (Lipinski definition) is 4. The highest BCUT2D eigenvalue weighted by Crippen LogP contribution is 2.09. The van der Waals surface area contributed by atoms with E-state index in [4.69, 9.17) is 5.73 Å². The third-order valence-corrected chi connectivity index (χ3v) is 2.97. The molecule has 0 heterocycles. The highest BCUT2D eigenvalue weighted by Gasteiger charge is 2.09. The van der Waals surface area contributed by atoms with Crippen LogP contribution < -0.4 is 16.6 Å². The van der Waals surface area contributed by atoms with Gasteiger partial charge in [-0.3, -0.25) is 10.2 Å². The van der Waals surface area contributed by atoms with Crippen molar-refractivity contribution in [3.05, 3.63) is 29.8 Å². The topological polar surface area (TPSA) is 118 Å². The van der Waals surface area contributed by atoms with Crippen LogP contribution in [0, 0.1) is 0 Å². The number of hydrogen-bond donors (Lipinski definition) is 3. The Morgan fingerprint density at radius 3 is 2.06 bits per heavy atom. The monoisotopic (exact) mass is 257 g/mol. The second-order valence-electron chi connectivity index (χ2n) is 3.24. The average Bonchev–Trinajstić information content (AvgIpc) is 2.25. The van der Waals surface area contributed by atoms with E-state index in [2.05, 4.69) is 0 Å². The number of benzene rings is 1. The molecule has 0 aliphatic rings. The third-order valence-electron chi connectivity index (χ3n) is 1.84. The van der Waals surface area contributed by atoms with Gasteiger partial charge in [0.05, 0.1) is 4.90 Å². The van der Waals surface area contributed by atoms with E-state index >= 15 is 0 Å². The standard InChI is InChI=1S/C9H11N3O4S/c1-17(15,16)7-4-2-6(3-5-7)8(13)11-12-9(10)14/h2-5H,1H3,(H,11,13)(H3,10,12,14). The number of urea groups is 1. The molecule has 0 unspecified atom stereocenters. The number of nitrogens with two attached hydrogens (primary N) is 1. The van der Waals surface area contributed by atoms with Crippen molar-refractivity contribution in [3.8, 4) is 0 Å². The van der Waals surface area contributed by atoms with Gasteiger partial charge in [0.25, 0.3) is 5.91 Å². The highest BCUT2D eigenvalue weighted by atomic mass is 32.2. The summed E-state index contributed by atoms with van der Waals surface area (Å²) in [5.41, 5.74) is 8.91. The molecule has 0 aliphatic heterocycles. The lowest BCUT2D eigenvalue weighted by Gasteiger charge is -2.05. The van der Waals surface area contributed by atoms with E-state index in [0.29, 0.717) is 0 Å². The summed E-state index contributed by atoms with van der Waals surface area (Å²) in [4.78, 5) is 21.8. The number of nitrogens with one attached hydrogen (secondary N) is 2. The van der Waals surface area contributed by atoms with E-state index in [0.717, 1.165) is 6.26 Å². The fraction of sp³-hybridized carbons (Fsp3) is 0.111. The molecule has 92 valence electrons. The molecule has 0 spiro atoms. The Morgan fingerprint density at radius 2 is 1.65 bits per heavy atom. The average molecular weight is 257 g/mol. The predicted octanol–water partition coefficient (Wildman–Crippen LogP) is -0.597. The van der Waals surface area contributed by atoms with E-state index in [1.807, 2.05) is 10.9 Å². The second-order valence-corrected chi connectivity index (χ2v) is 5.26. The quantitative estimate of drug-likeness (QED) is 0.613. The molecule has 3 amide bonds. The van der Waals surface area contributed by atoms with Crippen molar-refractivity contribution in [1.82, 2.24) is 10.9 Å². The van der Waals surface area contributed by atoms with Crippen molar-refractivity contribution in [2.45, 2.75) is 4.90 Å². The summed E-state index contributed by atoms with van der Waals surface area (Å²) >= 11 is 0. The van der Waals surface area contributed by atoms with E-state index in [9.17, 15) is 18.0 Å². The summed E-state index contributed by atoms with van der Waals surface area (Å²) in [6, 6.07) is 4.36. The molecule has 0 atom stereocenters. The smallest absolute Gasteiger partial charge is 0.330 e. The maximum Gasteiger partial charge on any atom is 0.330 e. The molecule has 17 heavy (non-hydrogen) atoms. The van der Waals surface area contributed by atoms with Gasteiger partial charge in [0.1, 0.15) is 0 Å². The minimum atomic E-state index is -3.29. The molecular weight excluding hydrogens is 246 g/mol. The fourth-order valence-corrected chi connectivity index (χ4v) is 1.67. The Bertz CT molecular complexity index is 536. The van der Waals surface area contributed by atoms with Gasteiger partial charge in [0.15, 0.2) is 9.84 Å². The van der Waals surface area contributed by atoms with E-state index in [1.165, 1.54) is 24.3 Å². The molecule has 8 heteroatoms. The Morgan fingerprint density at radius 1 is 1.12 bits per heavy atom. The first-order valence-corrected chi connectivity index (χ1v) is 6.36. The van der Waals surface area contributed by atoms with Crippen LogP contribution >= 0.6 is 0 Å². The lowest BCUT2D eigenvalue weighted by molar-refractivity contribution is 0.0937. The SMILES string of the molecule is CS(=O)(=O)c1ccc(C(=O)NNC(N)=O)cc1. The van der Waals surface area contributed by atoms with Crippen molar-refractivity contribution in [1.29, 1.82) is 0 Å². The maximum atomic E-state index is 11.4. The molecule has 7 nitrogen and oxygen atoms in total. The number of carbonyl (C=O) groups excluding carboxylic acids is 2. The number of hydrazine groups is 1. The molecule has 0 aromatic heterocycles. The molecular formula is C9H11N3O4S. The second kappa shape index (κ2) is 4.83. The normalized spacial score (nSPS) is 10.6. The summed E-state index contributed by atoms with van der Waals surface area (Å²) in [6.07, 6.45) is 1.07. The fourth-order valence-electron chi connectivity index (χ4n) is 1.04. The van der Waals surface area contributed by atoms with Crippen molar-refractivity contribution < 1.29 is 18.0 Å². The molecule has 4 N–H and O–H groups in total. The maximum absolute atomic E-state index is 11.4. The summed E-state index contributed by atoms with van der Waals surface area (Å²) in [5, 5.41) is 0. The van der Waals surface area contributed by atoms with Gasteiger partial charge in [0, 0.05) is 11.8 Å². The number of rotatable bonds is 2. The predicted molar refractivity (Wildman–Crippen MR) is 59.7 cm³/mol. The summed E-state index contributed by atoms with van der Waals surface area (Å²) in [5.74, 6) is -0.594. The zero-order chi connectivity index (χ0) is 13.1. The van der Waals surface area contributed by atoms with Crippen LogP contribution in [0.15, 0.2) is 29.2 Å². The van der Waals surface area contributed by atoms with Crippen LogP contribution in [0.4, 0.5) is 4.79 Å². The van der Waals surface area contributed by atoms with Gasteiger partial charge in [-0.2, -0.15) is 0 Å². The summed E-state index contributed by atoms with van der Waals surface area (Å²) in [7, 11) is -3.29. The lowest BCUT2D eigenvalue weighted by atomic mass is 10.2. The minimum absolute atomic E-state index is 0.108. The first-order chi connectivity index (χ1) is 7.80. The van der Waals surface area contributed by atoms with Gasteiger partial charge >= 0.3 is 6.03 Å². The first kappa shape index (κ1) is 13.0. The third kappa shape index (κ3) is 3.76. The molecule has 0 saturated carbocycles. The molecule has 0 fully saturated rings. The van der Waals surface area contributed by atoms with E-state index in [-0.39, 0.29) is 10.5 Å². The Kier molecular flexibility index (Phi) is 3.69. The van der Waals surface area contributed by atoms with E-state index in [1.54, 1.807) is 0 Å². The summed E-state index contributed by atoms with van der Waals surface area (Å²) in [6.45, 7) is 0. The van der Waals surface area contributed by atoms with Crippen LogP contribution in [-0.4, -0.2) is 26.6 Å². The first-order valence-electron chi connectivity index (χ1n) is 4.46. The van der Waals surface area contributed by atoms with E-state index < -0.39 is 21.8 Å². The molecule has 0 radical (unpaired) electrons. The number of sulfone groups is 1. The van der Waals surface area contributed by atoms with Crippen LogP contribution in [0.25, 0.3) is 0 Å². The zero-order valence-corrected chi connectivity index (χ0v) is 9.74. The number of carbonyl (C=O) groups is 2. The molecule has 0 aliphatic carbocycles. The van der Waals surface area contributed by atoms with Crippen LogP contribution in [0.2, 0.25) is 0 Å². The van der Waals surface area contributed by atoms with Crippen molar-refractivity contribution in [3.63, 3.8) is 0 Å². The van der Waals surface area contributed by atoms with Gasteiger partial charge in [-0.25, -0.2) is 18.6 Å². The number of primary amides is 1. The van der Waals surface area contributed by atoms with Crippen molar-refractivity contribution in [2.75, 3.05) is 6.26 Å². The Labute approximate surface area is 97.9 Å². The molecule has 1 rings (SSSR count). The lowest BCUT2D eigenvalue weighted by Crippen LogP contribution is -2.44. The van der Waals surface area contributed by atoms with Gasteiger partial charge in [0.2, 0.25) is 0 Å². The van der Waals surface area contributed by atoms with Crippen LogP contribution in [-0.2, 0) is 9.84 Å². The Hall–Kier alpha value is -2.09. The van der Waals surface area contributed by atoms with Gasteiger partial charge in [-0.1, -0.05) is 0 Å². The molecule has 1 aromatic rings. The molecule has 0 saturated heterocycles.